The molecule has 2 aromatic heterocycles. The molecule has 8 nitrogen and oxygen atoms in total. The number of thioether (sulfide) groups is 1. The van der Waals surface area contributed by atoms with Crippen LogP contribution in [0.1, 0.15) is 12.8 Å². The molecule has 0 radical (unpaired) electrons. The van der Waals surface area contributed by atoms with Crippen molar-refractivity contribution in [2.24, 2.45) is 0 Å². The number of anilines is 1. The molecule has 1 N–H and O–H groups in total. The third-order valence-corrected chi connectivity index (χ3v) is 4.15. The molecular weight excluding hydrogens is 304 g/mol. The number of pyridine rings is 1. The van der Waals surface area contributed by atoms with Gasteiger partial charge in [0.05, 0.1) is 18.4 Å². The summed E-state index contributed by atoms with van der Waals surface area (Å²) in [5.41, 5.74) is 0.722. The second-order valence-corrected chi connectivity index (χ2v) is 5.79. The zero-order valence-corrected chi connectivity index (χ0v) is 12.7. The first-order valence-electron chi connectivity index (χ1n) is 7.02. The summed E-state index contributed by atoms with van der Waals surface area (Å²) in [6.45, 7) is 1.42. The fraction of sp³-hybridized carbons (Fsp3) is 0.462. The van der Waals surface area contributed by atoms with Crippen molar-refractivity contribution in [2.75, 3.05) is 17.7 Å². The maximum atomic E-state index is 11.9. The van der Waals surface area contributed by atoms with E-state index in [0.29, 0.717) is 11.7 Å². The summed E-state index contributed by atoms with van der Waals surface area (Å²) in [5, 5.41) is 15.0. The summed E-state index contributed by atoms with van der Waals surface area (Å²) in [6, 6.07) is 3.48. The number of carbonyl (C=O) groups excluding carboxylic acids is 1. The molecule has 3 rings (SSSR count). The Balaban J connectivity index is 1.51. The van der Waals surface area contributed by atoms with E-state index in [1.807, 2.05) is 0 Å². The van der Waals surface area contributed by atoms with Gasteiger partial charge >= 0.3 is 0 Å². The number of aromatic nitrogens is 5. The Bertz CT molecular complexity index is 614. The topological polar surface area (TPSA) is 94.8 Å². The highest BCUT2D eigenvalue weighted by Gasteiger charge is 2.19. The first kappa shape index (κ1) is 14.9. The summed E-state index contributed by atoms with van der Waals surface area (Å²) in [6.07, 6.45) is 5.51. The van der Waals surface area contributed by atoms with Gasteiger partial charge in [-0.15, -0.1) is 5.10 Å². The van der Waals surface area contributed by atoms with Crippen molar-refractivity contribution in [1.29, 1.82) is 0 Å². The van der Waals surface area contributed by atoms with Crippen LogP contribution in [-0.4, -0.2) is 49.6 Å². The first-order chi connectivity index (χ1) is 10.8. The van der Waals surface area contributed by atoms with Crippen molar-refractivity contribution in [3.63, 3.8) is 0 Å². The standard InChI is InChI=1S/C13H16N6O2S/c20-12(15-10-3-5-14-6-4-10)9-22-13-16-17-18-19(13)8-11-2-1-7-21-11/h3-6,11H,1-2,7-9H2,(H,14,15,20)/t11-/m1/s1. The van der Waals surface area contributed by atoms with Crippen molar-refractivity contribution in [1.82, 2.24) is 25.2 Å². The number of hydrogen-bond acceptors (Lipinski definition) is 7. The van der Waals surface area contributed by atoms with Crippen LogP contribution in [0.15, 0.2) is 29.7 Å². The van der Waals surface area contributed by atoms with Gasteiger partial charge in [-0.2, -0.15) is 0 Å². The minimum Gasteiger partial charge on any atom is -0.376 e. The number of carbonyl (C=O) groups is 1. The van der Waals surface area contributed by atoms with E-state index in [1.165, 1.54) is 11.8 Å². The maximum absolute atomic E-state index is 11.9. The molecule has 0 bridgehead atoms. The van der Waals surface area contributed by atoms with Gasteiger partial charge in [-0.1, -0.05) is 11.8 Å². The average molecular weight is 320 g/mol. The lowest BCUT2D eigenvalue weighted by Gasteiger charge is -2.10. The van der Waals surface area contributed by atoms with Crippen LogP contribution in [0.4, 0.5) is 5.69 Å². The lowest BCUT2D eigenvalue weighted by molar-refractivity contribution is -0.113. The van der Waals surface area contributed by atoms with E-state index in [1.54, 1.807) is 29.2 Å². The molecule has 2 aromatic rings. The molecule has 0 unspecified atom stereocenters. The highest BCUT2D eigenvalue weighted by atomic mass is 32.2. The van der Waals surface area contributed by atoms with Gasteiger partial charge in [0.15, 0.2) is 0 Å². The molecule has 0 spiro atoms. The third-order valence-electron chi connectivity index (χ3n) is 3.20. The first-order valence-corrected chi connectivity index (χ1v) is 8.00. The van der Waals surface area contributed by atoms with E-state index >= 15 is 0 Å². The Kier molecular flexibility index (Phi) is 4.96. The van der Waals surface area contributed by atoms with Crippen LogP contribution < -0.4 is 5.32 Å². The fourth-order valence-electron chi connectivity index (χ4n) is 2.16. The average Bonchev–Trinajstić information content (AvgIpc) is 3.19. The lowest BCUT2D eigenvalue weighted by atomic mass is 10.2. The number of ether oxygens (including phenoxy) is 1. The minimum atomic E-state index is -0.108. The van der Waals surface area contributed by atoms with Crippen LogP contribution in [0.5, 0.6) is 0 Å². The van der Waals surface area contributed by atoms with Crippen LogP contribution in [0.3, 0.4) is 0 Å². The van der Waals surface area contributed by atoms with Crippen LogP contribution in [-0.2, 0) is 16.1 Å². The van der Waals surface area contributed by atoms with E-state index in [0.717, 1.165) is 25.1 Å². The highest BCUT2D eigenvalue weighted by Crippen LogP contribution is 2.18. The van der Waals surface area contributed by atoms with Crippen molar-refractivity contribution in [3.8, 4) is 0 Å². The molecule has 1 fully saturated rings. The van der Waals surface area contributed by atoms with Gasteiger partial charge in [0.2, 0.25) is 11.1 Å². The molecule has 1 aliphatic rings. The molecule has 0 saturated carbocycles. The molecule has 1 saturated heterocycles. The molecule has 0 aliphatic carbocycles. The van der Waals surface area contributed by atoms with Crippen LogP contribution in [0.2, 0.25) is 0 Å². The van der Waals surface area contributed by atoms with E-state index in [9.17, 15) is 4.79 Å². The Morgan fingerprint density at radius 3 is 3.09 bits per heavy atom. The number of hydrogen-bond donors (Lipinski definition) is 1. The Morgan fingerprint density at radius 1 is 1.45 bits per heavy atom. The third kappa shape index (κ3) is 4.01. The Labute approximate surface area is 131 Å². The quantitative estimate of drug-likeness (QED) is 0.793. The smallest absolute Gasteiger partial charge is 0.234 e. The largest absolute Gasteiger partial charge is 0.376 e. The molecule has 1 atom stereocenters. The Morgan fingerprint density at radius 2 is 2.32 bits per heavy atom. The second-order valence-electron chi connectivity index (χ2n) is 4.85. The van der Waals surface area contributed by atoms with Crippen molar-refractivity contribution in [3.05, 3.63) is 24.5 Å². The van der Waals surface area contributed by atoms with E-state index < -0.39 is 0 Å². The summed E-state index contributed by atoms with van der Waals surface area (Å²) < 4.78 is 7.27. The molecule has 116 valence electrons. The zero-order valence-electron chi connectivity index (χ0n) is 11.9. The van der Waals surface area contributed by atoms with Crippen LogP contribution >= 0.6 is 11.8 Å². The normalized spacial score (nSPS) is 17.5. The van der Waals surface area contributed by atoms with Gasteiger partial charge in [-0.05, 0) is 35.4 Å². The van der Waals surface area contributed by atoms with Crippen LogP contribution in [0, 0.1) is 0 Å². The minimum absolute atomic E-state index is 0.108. The summed E-state index contributed by atoms with van der Waals surface area (Å²) >= 11 is 1.31. The van der Waals surface area contributed by atoms with Gasteiger partial charge in [0.1, 0.15) is 0 Å². The van der Waals surface area contributed by atoms with Gasteiger partial charge in [0.25, 0.3) is 0 Å². The lowest BCUT2D eigenvalue weighted by Crippen LogP contribution is -2.18. The maximum Gasteiger partial charge on any atom is 0.234 e. The molecule has 0 aromatic carbocycles. The zero-order chi connectivity index (χ0) is 15.2. The number of nitrogens with one attached hydrogen (secondary N) is 1. The van der Waals surface area contributed by atoms with Crippen molar-refractivity contribution >= 4 is 23.4 Å². The summed E-state index contributed by atoms with van der Waals surface area (Å²) in [7, 11) is 0. The summed E-state index contributed by atoms with van der Waals surface area (Å²) in [4.78, 5) is 15.8. The van der Waals surface area contributed by atoms with Crippen LogP contribution in [0.25, 0.3) is 0 Å². The molecule has 1 aliphatic heterocycles. The second kappa shape index (κ2) is 7.32. The highest BCUT2D eigenvalue weighted by molar-refractivity contribution is 7.99. The van der Waals surface area contributed by atoms with Gasteiger partial charge in [-0.3, -0.25) is 9.78 Å². The van der Waals surface area contributed by atoms with Gasteiger partial charge < -0.3 is 10.1 Å². The predicted octanol–water partition coefficient (Wildman–Crippen LogP) is 0.978. The van der Waals surface area contributed by atoms with Gasteiger partial charge in [-0.25, -0.2) is 4.68 Å². The SMILES string of the molecule is O=C(CSc1nnnn1C[C@H]1CCCO1)Nc1ccncc1. The Hall–Kier alpha value is -2.00. The van der Waals surface area contributed by atoms with Crippen molar-refractivity contribution < 1.29 is 9.53 Å². The fourth-order valence-corrected chi connectivity index (χ4v) is 2.84. The van der Waals surface area contributed by atoms with E-state index in [4.69, 9.17) is 4.74 Å². The number of amides is 1. The molecule has 1 amide bonds. The number of nitrogens with zero attached hydrogens (tertiary/aromatic N) is 5. The molecule has 22 heavy (non-hydrogen) atoms. The van der Waals surface area contributed by atoms with Gasteiger partial charge in [0, 0.05) is 24.7 Å². The predicted molar refractivity (Wildman–Crippen MR) is 80.4 cm³/mol. The molecule has 9 heteroatoms. The molecular formula is C13H16N6O2S. The number of tetrazole rings is 1. The van der Waals surface area contributed by atoms with Crippen molar-refractivity contribution in [2.45, 2.75) is 30.6 Å². The molecule has 3 heterocycles. The monoisotopic (exact) mass is 320 g/mol. The number of rotatable bonds is 6. The van der Waals surface area contributed by atoms with E-state index in [-0.39, 0.29) is 17.8 Å². The summed E-state index contributed by atoms with van der Waals surface area (Å²) in [5.74, 6) is 0.136. The van der Waals surface area contributed by atoms with E-state index in [2.05, 4.69) is 25.8 Å².